The molecular formula is C18H22F2N4O3S. The summed E-state index contributed by atoms with van der Waals surface area (Å²) in [6.07, 6.45) is 2.80. The van der Waals surface area contributed by atoms with Gasteiger partial charge in [0.15, 0.2) is 16.7 Å². The first-order valence-electron chi connectivity index (χ1n) is 8.90. The second kappa shape index (κ2) is 9.22. The molecule has 0 saturated heterocycles. The van der Waals surface area contributed by atoms with Crippen LogP contribution in [0.5, 0.6) is 11.5 Å². The van der Waals surface area contributed by atoms with E-state index in [1.807, 2.05) is 6.92 Å². The van der Waals surface area contributed by atoms with Gasteiger partial charge in [0.2, 0.25) is 5.91 Å². The number of aromatic nitrogens is 3. The third-order valence-electron chi connectivity index (χ3n) is 4.26. The molecular weight excluding hydrogens is 390 g/mol. The molecule has 152 valence electrons. The van der Waals surface area contributed by atoms with Gasteiger partial charge >= 0.3 is 6.61 Å². The average molecular weight is 412 g/mol. The van der Waals surface area contributed by atoms with E-state index >= 15 is 0 Å². The largest absolute Gasteiger partial charge is 0.493 e. The Kier molecular flexibility index (Phi) is 6.71. The lowest BCUT2D eigenvalue weighted by Crippen LogP contribution is -2.27. The molecule has 1 heterocycles. The van der Waals surface area contributed by atoms with Gasteiger partial charge in [0.05, 0.1) is 12.9 Å². The van der Waals surface area contributed by atoms with Crippen LogP contribution in [0.15, 0.2) is 23.4 Å². The lowest BCUT2D eigenvalue weighted by molar-refractivity contribution is -0.118. The van der Waals surface area contributed by atoms with Crippen LogP contribution in [0.2, 0.25) is 0 Å². The Bertz CT molecular complexity index is 827. The third kappa shape index (κ3) is 5.34. The van der Waals surface area contributed by atoms with Crippen LogP contribution in [-0.4, -0.2) is 46.7 Å². The van der Waals surface area contributed by atoms with Crippen LogP contribution in [-0.2, 0) is 11.2 Å². The smallest absolute Gasteiger partial charge is 0.387 e. The predicted octanol–water partition coefficient (Wildman–Crippen LogP) is 2.98. The Morgan fingerprint density at radius 2 is 2.14 bits per heavy atom. The topological polar surface area (TPSA) is 78.3 Å². The molecule has 1 fully saturated rings. The second-order valence-electron chi connectivity index (χ2n) is 6.38. The number of nitrogens with one attached hydrogen (secondary N) is 1. The number of halogens is 2. The van der Waals surface area contributed by atoms with E-state index in [0.29, 0.717) is 19.0 Å². The minimum absolute atomic E-state index is 0.0169. The molecule has 0 atom stereocenters. The molecule has 1 amide bonds. The van der Waals surface area contributed by atoms with Crippen LogP contribution in [0.4, 0.5) is 8.78 Å². The van der Waals surface area contributed by atoms with Crippen molar-refractivity contribution in [3.63, 3.8) is 0 Å². The first-order chi connectivity index (χ1) is 13.5. The molecule has 0 aliphatic heterocycles. The fourth-order valence-electron chi connectivity index (χ4n) is 2.79. The Morgan fingerprint density at radius 1 is 1.36 bits per heavy atom. The molecule has 0 bridgehead atoms. The third-order valence-corrected chi connectivity index (χ3v) is 5.20. The standard InChI is InChI=1S/C18H22F2N4O3S/c1-11-22-23-18(24(11)13-4-5-13)28-10-16(25)21-8-7-12-3-6-14(27-17(19)20)15(9-12)26-2/h3,6,9,13,17H,4-5,7-8,10H2,1-2H3,(H,21,25). The molecule has 10 heteroatoms. The van der Waals surface area contributed by atoms with Crippen LogP contribution < -0.4 is 14.8 Å². The number of amides is 1. The van der Waals surface area contributed by atoms with Crippen molar-refractivity contribution in [1.29, 1.82) is 0 Å². The first-order valence-corrected chi connectivity index (χ1v) is 9.89. The molecule has 7 nitrogen and oxygen atoms in total. The zero-order chi connectivity index (χ0) is 20.1. The van der Waals surface area contributed by atoms with Gasteiger partial charge < -0.3 is 19.4 Å². The number of rotatable bonds is 10. The van der Waals surface area contributed by atoms with E-state index in [1.165, 1.54) is 24.9 Å². The Hall–Kier alpha value is -2.36. The maximum Gasteiger partial charge on any atom is 0.387 e. The van der Waals surface area contributed by atoms with Crippen LogP contribution in [0.25, 0.3) is 0 Å². The number of methoxy groups -OCH3 is 1. The summed E-state index contributed by atoms with van der Waals surface area (Å²) in [5, 5.41) is 11.9. The van der Waals surface area contributed by atoms with Gasteiger partial charge in [-0.2, -0.15) is 8.78 Å². The zero-order valence-electron chi connectivity index (χ0n) is 15.7. The zero-order valence-corrected chi connectivity index (χ0v) is 16.5. The summed E-state index contributed by atoms with van der Waals surface area (Å²) >= 11 is 1.37. The summed E-state index contributed by atoms with van der Waals surface area (Å²) in [6.45, 7) is -0.571. The fraction of sp³-hybridized carbons (Fsp3) is 0.500. The van der Waals surface area contributed by atoms with Crippen molar-refractivity contribution in [2.45, 2.75) is 44.0 Å². The molecule has 2 aromatic rings. The van der Waals surface area contributed by atoms with Gasteiger partial charge in [-0.05, 0) is 43.9 Å². The number of nitrogens with zero attached hydrogens (tertiary/aromatic N) is 3. The molecule has 3 rings (SSSR count). The van der Waals surface area contributed by atoms with Crippen molar-refractivity contribution in [2.24, 2.45) is 0 Å². The number of benzene rings is 1. The van der Waals surface area contributed by atoms with Gasteiger partial charge in [0.25, 0.3) is 0 Å². The van der Waals surface area contributed by atoms with E-state index in [0.717, 1.165) is 29.4 Å². The number of thioether (sulfide) groups is 1. The SMILES string of the molecule is COc1cc(CCNC(=O)CSc2nnc(C)n2C2CC2)ccc1OC(F)F. The number of alkyl halides is 2. The van der Waals surface area contributed by atoms with Crippen molar-refractivity contribution in [1.82, 2.24) is 20.1 Å². The highest BCUT2D eigenvalue weighted by Crippen LogP contribution is 2.38. The van der Waals surface area contributed by atoms with E-state index in [2.05, 4.69) is 24.8 Å². The Labute approximate surface area is 165 Å². The van der Waals surface area contributed by atoms with Crippen molar-refractivity contribution < 1.29 is 23.0 Å². The lowest BCUT2D eigenvalue weighted by Gasteiger charge is -2.11. The highest BCUT2D eigenvalue weighted by Gasteiger charge is 2.28. The number of aryl methyl sites for hydroxylation is 1. The normalized spacial score (nSPS) is 13.6. The molecule has 0 unspecified atom stereocenters. The number of hydrogen-bond donors (Lipinski definition) is 1. The molecule has 1 aromatic carbocycles. The van der Waals surface area contributed by atoms with Crippen LogP contribution in [0, 0.1) is 6.92 Å². The van der Waals surface area contributed by atoms with E-state index < -0.39 is 6.61 Å². The predicted molar refractivity (Wildman–Crippen MR) is 100 cm³/mol. The quantitative estimate of drug-likeness (QED) is 0.605. The van der Waals surface area contributed by atoms with E-state index in [4.69, 9.17) is 4.74 Å². The number of ether oxygens (including phenoxy) is 2. The van der Waals surface area contributed by atoms with Gasteiger partial charge in [-0.3, -0.25) is 4.79 Å². The molecule has 0 radical (unpaired) electrons. The lowest BCUT2D eigenvalue weighted by atomic mass is 10.1. The molecule has 1 N–H and O–H groups in total. The fourth-order valence-corrected chi connectivity index (χ4v) is 3.67. The second-order valence-corrected chi connectivity index (χ2v) is 7.33. The van der Waals surface area contributed by atoms with Crippen LogP contribution in [0.3, 0.4) is 0 Å². The monoisotopic (exact) mass is 412 g/mol. The maximum atomic E-state index is 12.4. The summed E-state index contributed by atoms with van der Waals surface area (Å²) in [7, 11) is 1.39. The summed E-state index contributed by atoms with van der Waals surface area (Å²) in [6, 6.07) is 5.19. The van der Waals surface area contributed by atoms with Crippen molar-refractivity contribution in [3.05, 3.63) is 29.6 Å². The molecule has 0 spiro atoms. The highest BCUT2D eigenvalue weighted by molar-refractivity contribution is 7.99. The average Bonchev–Trinajstić information content (AvgIpc) is 3.43. The maximum absolute atomic E-state index is 12.4. The highest BCUT2D eigenvalue weighted by atomic mass is 32.2. The van der Waals surface area contributed by atoms with Crippen LogP contribution in [0.1, 0.15) is 30.3 Å². The molecule has 1 aromatic heterocycles. The van der Waals surface area contributed by atoms with E-state index in [-0.39, 0.29) is 23.2 Å². The summed E-state index contributed by atoms with van der Waals surface area (Å²) < 4.78 is 36.3. The summed E-state index contributed by atoms with van der Waals surface area (Å²) in [4.78, 5) is 12.1. The Morgan fingerprint density at radius 3 is 2.82 bits per heavy atom. The number of hydrogen-bond acceptors (Lipinski definition) is 6. The number of carbonyl (C=O) groups excluding carboxylic acids is 1. The number of carbonyl (C=O) groups is 1. The van der Waals surface area contributed by atoms with Gasteiger partial charge in [-0.25, -0.2) is 0 Å². The minimum Gasteiger partial charge on any atom is -0.493 e. The van der Waals surface area contributed by atoms with Gasteiger partial charge in [-0.1, -0.05) is 17.8 Å². The first kappa shape index (κ1) is 20.4. The van der Waals surface area contributed by atoms with E-state index in [9.17, 15) is 13.6 Å². The summed E-state index contributed by atoms with van der Waals surface area (Å²) in [5.41, 5.74) is 0.843. The Balaban J connectivity index is 1.45. The molecule has 1 aliphatic rings. The van der Waals surface area contributed by atoms with Crippen molar-refractivity contribution in [3.8, 4) is 11.5 Å². The summed E-state index contributed by atoms with van der Waals surface area (Å²) in [5.74, 6) is 1.25. The van der Waals surface area contributed by atoms with Gasteiger partial charge in [0.1, 0.15) is 5.82 Å². The van der Waals surface area contributed by atoms with Crippen LogP contribution >= 0.6 is 11.8 Å². The van der Waals surface area contributed by atoms with Crippen molar-refractivity contribution >= 4 is 17.7 Å². The molecule has 1 aliphatic carbocycles. The van der Waals surface area contributed by atoms with E-state index in [1.54, 1.807) is 12.1 Å². The van der Waals surface area contributed by atoms with Gasteiger partial charge in [-0.15, -0.1) is 10.2 Å². The molecule has 1 saturated carbocycles. The minimum atomic E-state index is -2.91. The molecule has 28 heavy (non-hydrogen) atoms. The van der Waals surface area contributed by atoms with Crippen molar-refractivity contribution in [2.75, 3.05) is 19.4 Å². The van der Waals surface area contributed by atoms with Gasteiger partial charge in [0, 0.05) is 12.6 Å².